The predicted molar refractivity (Wildman–Crippen MR) is 261 cm³/mol. The molecule has 0 aliphatic heterocycles. The first-order valence-electron chi connectivity index (χ1n) is 26.8. The van der Waals surface area contributed by atoms with E-state index < -0.39 is 6.10 Å². The Bertz CT molecular complexity index is 989. The molecule has 6 heteroatoms. The summed E-state index contributed by atoms with van der Waals surface area (Å²) in [6.45, 7) is 6.62. The van der Waals surface area contributed by atoms with Crippen LogP contribution < -0.4 is 0 Å². The summed E-state index contributed by atoms with van der Waals surface area (Å²) in [5, 5.41) is 0. The molecule has 0 aromatic carbocycles. The maximum absolute atomic E-state index is 12.8. The molecule has 0 aromatic rings. The number of hydrogen-bond donors (Lipinski definition) is 0. The van der Waals surface area contributed by atoms with Crippen molar-refractivity contribution in [1.82, 2.24) is 0 Å². The van der Waals surface area contributed by atoms with Crippen LogP contribution >= 0.6 is 0 Å². The van der Waals surface area contributed by atoms with Gasteiger partial charge in [-0.05, 0) is 64.2 Å². The van der Waals surface area contributed by atoms with E-state index in [0.717, 1.165) is 70.6 Å². The molecule has 358 valence electrons. The molecule has 1 unspecified atom stereocenters. The fourth-order valence-electron chi connectivity index (χ4n) is 7.83. The van der Waals surface area contributed by atoms with Gasteiger partial charge in [-0.15, -0.1) is 0 Å². The summed E-state index contributed by atoms with van der Waals surface area (Å²) < 4.78 is 16.8. The molecule has 0 bridgehead atoms. The van der Waals surface area contributed by atoms with Crippen LogP contribution in [0.5, 0.6) is 0 Å². The SMILES string of the molecule is CCCC/C=C\CCCCCCCC(=O)OCC(COC(=O)CCCCCCC/C=C\CCCCCCCCC)OC(=O)CCCCCCCCCCCCCCCCCC. The van der Waals surface area contributed by atoms with Crippen molar-refractivity contribution in [3.63, 3.8) is 0 Å². The molecule has 6 nitrogen and oxygen atoms in total. The molecule has 0 radical (unpaired) electrons. The fraction of sp³-hybridized carbons (Fsp3) is 0.873. The van der Waals surface area contributed by atoms with Crippen LogP contribution in [0.1, 0.15) is 290 Å². The van der Waals surface area contributed by atoms with Crippen molar-refractivity contribution in [3.8, 4) is 0 Å². The molecular weight excluding hydrogens is 757 g/mol. The van der Waals surface area contributed by atoms with E-state index in [1.807, 2.05) is 0 Å². The zero-order chi connectivity index (χ0) is 44.4. The highest BCUT2D eigenvalue weighted by atomic mass is 16.6. The molecule has 0 N–H and O–H groups in total. The average molecular weight is 859 g/mol. The molecule has 0 rings (SSSR count). The number of carbonyl (C=O) groups is 3. The van der Waals surface area contributed by atoms with E-state index in [0.29, 0.717) is 19.3 Å². The van der Waals surface area contributed by atoms with Crippen molar-refractivity contribution in [2.45, 2.75) is 297 Å². The maximum atomic E-state index is 12.8. The number of ether oxygens (including phenoxy) is 3. The summed E-state index contributed by atoms with van der Waals surface area (Å²) in [6.07, 6.45) is 57.3. The van der Waals surface area contributed by atoms with Gasteiger partial charge in [0.15, 0.2) is 6.10 Å². The van der Waals surface area contributed by atoms with Crippen LogP contribution in [0.15, 0.2) is 24.3 Å². The minimum Gasteiger partial charge on any atom is -0.462 e. The smallest absolute Gasteiger partial charge is 0.306 e. The summed E-state index contributed by atoms with van der Waals surface area (Å²) in [7, 11) is 0. The summed E-state index contributed by atoms with van der Waals surface area (Å²) in [6, 6.07) is 0. The summed E-state index contributed by atoms with van der Waals surface area (Å²) in [4.78, 5) is 38.0. The van der Waals surface area contributed by atoms with Gasteiger partial charge in [0.1, 0.15) is 13.2 Å². The normalized spacial score (nSPS) is 12.1. The molecule has 0 aliphatic carbocycles. The Morgan fingerprint density at radius 1 is 0.311 bits per heavy atom. The lowest BCUT2D eigenvalue weighted by molar-refractivity contribution is -0.167. The zero-order valence-corrected chi connectivity index (χ0v) is 40.9. The van der Waals surface area contributed by atoms with Gasteiger partial charge in [-0.1, -0.05) is 231 Å². The molecule has 0 amide bonds. The van der Waals surface area contributed by atoms with Crippen LogP contribution in [0.2, 0.25) is 0 Å². The van der Waals surface area contributed by atoms with Crippen molar-refractivity contribution in [3.05, 3.63) is 24.3 Å². The summed E-state index contributed by atoms with van der Waals surface area (Å²) in [5.74, 6) is -0.877. The Kier molecular flexibility index (Phi) is 48.8. The number of esters is 3. The Hall–Kier alpha value is -2.11. The lowest BCUT2D eigenvalue weighted by Crippen LogP contribution is -2.30. The second kappa shape index (κ2) is 50.5. The maximum Gasteiger partial charge on any atom is 0.306 e. The van der Waals surface area contributed by atoms with Gasteiger partial charge in [0, 0.05) is 19.3 Å². The first-order chi connectivity index (χ1) is 30.0. The van der Waals surface area contributed by atoms with Gasteiger partial charge in [-0.2, -0.15) is 0 Å². The third kappa shape index (κ3) is 48.8. The summed E-state index contributed by atoms with van der Waals surface area (Å²) >= 11 is 0. The van der Waals surface area contributed by atoms with Gasteiger partial charge >= 0.3 is 17.9 Å². The third-order valence-electron chi connectivity index (χ3n) is 11.9. The standard InChI is InChI=1S/C55H102O6/c1-4-7-10-13-16-19-22-24-26-28-30-33-36-39-42-45-48-54(57)60-51-52(50-59-53(56)47-44-41-38-35-32-21-18-15-12-9-6-3)61-55(58)49-46-43-40-37-34-31-29-27-25-23-20-17-14-11-8-5-2/h15,18,26,28,52H,4-14,16-17,19-25,27,29-51H2,1-3H3/b18-15-,28-26-. The van der Waals surface area contributed by atoms with Crippen molar-refractivity contribution in [1.29, 1.82) is 0 Å². The highest BCUT2D eigenvalue weighted by Gasteiger charge is 2.19. The first kappa shape index (κ1) is 58.9. The third-order valence-corrected chi connectivity index (χ3v) is 11.9. The van der Waals surface area contributed by atoms with E-state index in [1.165, 1.54) is 180 Å². The molecule has 0 aromatic heterocycles. The molecular formula is C55H102O6. The monoisotopic (exact) mass is 859 g/mol. The first-order valence-corrected chi connectivity index (χ1v) is 26.8. The highest BCUT2D eigenvalue weighted by Crippen LogP contribution is 2.16. The van der Waals surface area contributed by atoms with E-state index in [2.05, 4.69) is 45.1 Å². The molecule has 1 atom stereocenters. The van der Waals surface area contributed by atoms with Crippen molar-refractivity contribution in [2.24, 2.45) is 0 Å². The van der Waals surface area contributed by atoms with Crippen LogP contribution in [-0.4, -0.2) is 37.2 Å². The van der Waals surface area contributed by atoms with E-state index in [-0.39, 0.29) is 31.1 Å². The predicted octanol–water partition coefficient (Wildman–Crippen LogP) is 17.5. The number of allylic oxidation sites excluding steroid dienone is 4. The van der Waals surface area contributed by atoms with Crippen LogP contribution in [0, 0.1) is 0 Å². The van der Waals surface area contributed by atoms with Crippen LogP contribution in [0.25, 0.3) is 0 Å². The number of hydrogen-bond acceptors (Lipinski definition) is 6. The molecule has 61 heavy (non-hydrogen) atoms. The Labute approximate surface area is 379 Å². The van der Waals surface area contributed by atoms with E-state index >= 15 is 0 Å². The lowest BCUT2D eigenvalue weighted by Gasteiger charge is -2.18. The van der Waals surface area contributed by atoms with Gasteiger partial charge in [-0.25, -0.2) is 0 Å². The quantitative estimate of drug-likeness (QED) is 0.0262. The minimum absolute atomic E-state index is 0.0745. The topological polar surface area (TPSA) is 78.9 Å². The molecule has 0 fully saturated rings. The average Bonchev–Trinajstić information content (AvgIpc) is 3.26. The van der Waals surface area contributed by atoms with Gasteiger partial charge < -0.3 is 14.2 Å². The van der Waals surface area contributed by atoms with Gasteiger partial charge in [0.2, 0.25) is 0 Å². The van der Waals surface area contributed by atoms with E-state index in [9.17, 15) is 14.4 Å². The van der Waals surface area contributed by atoms with Crippen molar-refractivity contribution >= 4 is 17.9 Å². The van der Waals surface area contributed by atoms with E-state index in [1.54, 1.807) is 0 Å². The number of unbranched alkanes of at least 4 members (excludes halogenated alkanes) is 34. The molecule has 0 saturated heterocycles. The largest absolute Gasteiger partial charge is 0.462 e. The Balaban J connectivity index is 4.33. The molecule has 0 heterocycles. The van der Waals surface area contributed by atoms with E-state index in [4.69, 9.17) is 14.2 Å². The second-order valence-electron chi connectivity index (χ2n) is 18.1. The molecule has 0 saturated carbocycles. The highest BCUT2D eigenvalue weighted by molar-refractivity contribution is 5.71. The Morgan fingerprint density at radius 3 is 0.869 bits per heavy atom. The van der Waals surface area contributed by atoms with Gasteiger partial charge in [-0.3, -0.25) is 14.4 Å². The second-order valence-corrected chi connectivity index (χ2v) is 18.1. The minimum atomic E-state index is -0.773. The van der Waals surface area contributed by atoms with Gasteiger partial charge in [0.05, 0.1) is 0 Å². The van der Waals surface area contributed by atoms with Crippen molar-refractivity contribution < 1.29 is 28.6 Å². The fourth-order valence-corrected chi connectivity index (χ4v) is 7.83. The van der Waals surface area contributed by atoms with Crippen LogP contribution in [0.4, 0.5) is 0 Å². The summed E-state index contributed by atoms with van der Waals surface area (Å²) in [5.41, 5.74) is 0. The lowest BCUT2D eigenvalue weighted by atomic mass is 10.0. The van der Waals surface area contributed by atoms with Gasteiger partial charge in [0.25, 0.3) is 0 Å². The Morgan fingerprint density at radius 2 is 0.557 bits per heavy atom. The number of carbonyl (C=O) groups excluding carboxylic acids is 3. The van der Waals surface area contributed by atoms with Crippen LogP contribution in [0.3, 0.4) is 0 Å². The zero-order valence-electron chi connectivity index (χ0n) is 40.9. The van der Waals surface area contributed by atoms with Crippen molar-refractivity contribution in [2.75, 3.05) is 13.2 Å². The number of rotatable bonds is 49. The van der Waals surface area contributed by atoms with Crippen LogP contribution in [-0.2, 0) is 28.6 Å². The molecule has 0 aliphatic rings. The molecule has 0 spiro atoms.